The van der Waals surface area contributed by atoms with Crippen LogP contribution in [0.2, 0.25) is 0 Å². The summed E-state index contributed by atoms with van der Waals surface area (Å²) in [5.74, 6) is -3.43. The van der Waals surface area contributed by atoms with Crippen molar-refractivity contribution in [1.29, 1.82) is 0 Å². The quantitative estimate of drug-likeness (QED) is 0.346. The molecule has 0 bridgehead atoms. The average Bonchev–Trinajstić information content (AvgIpc) is 2.57. The van der Waals surface area contributed by atoms with Gasteiger partial charge in [0.1, 0.15) is 9.79 Å². The number of carbonyl (C=O) groups is 1. The third kappa shape index (κ3) is 6.92. The second kappa shape index (κ2) is 6.52. The zero-order valence-corrected chi connectivity index (χ0v) is 19.0. The lowest BCUT2D eigenvalue weighted by Crippen LogP contribution is -2.45. The molecule has 1 amide bonds. The van der Waals surface area contributed by atoms with Crippen molar-refractivity contribution in [2.45, 2.75) is 27.2 Å². The summed E-state index contributed by atoms with van der Waals surface area (Å²) in [7, 11) is -25.5. The Morgan fingerprint density at radius 1 is 0.853 bits per heavy atom. The Morgan fingerprint density at radius 2 is 1.29 bits per heavy atom. The van der Waals surface area contributed by atoms with Crippen molar-refractivity contribution in [3.63, 3.8) is 0 Å². The van der Waals surface area contributed by atoms with Crippen LogP contribution in [0.5, 0.6) is 0 Å². The van der Waals surface area contributed by atoms with E-state index in [0.29, 0.717) is 31.2 Å². The van der Waals surface area contributed by atoms with Crippen molar-refractivity contribution in [3.8, 4) is 0 Å². The van der Waals surface area contributed by atoms with Gasteiger partial charge in [0.2, 0.25) is 0 Å². The zero-order valence-electron chi connectivity index (χ0n) is 16.5. The summed E-state index contributed by atoms with van der Waals surface area (Å²) in [5, 5.41) is 11.8. The van der Waals surface area contributed by atoms with Gasteiger partial charge >= 0.3 is 20.4 Å². The van der Waals surface area contributed by atoms with Crippen LogP contribution >= 0.6 is 20.4 Å². The summed E-state index contributed by atoms with van der Waals surface area (Å²) in [6, 6.07) is 1.36. The minimum Gasteiger partial charge on any atom is -0.379 e. The molecule has 2 N–H and O–H groups in total. The van der Waals surface area contributed by atoms with E-state index in [1.54, 1.807) is 5.32 Å². The lowest BCUT2D eigenvalue weighted by molar-refractivity contribution is -0.130. The van der Waals surface area contributed by atoms with Crippen molar-refractivity contribution in [2.24, 2.45) is 0 Å². The van der Waals surface area contributed by atoms with Crippen LogP contribution < -0.4 is 5.32 Å². The third-order valence-corrected chi connectivity index (χ3v) is 8.31. The molecule has 196 valence electrons. The Hall–Kier alpha value is -2.18. The highest BCUT2D eigenvalue weighted by molar-refractivity contribution is 8.46. The van der Waals surface area contributed by atoms with Gasteiger partial charge in [0.05, 0.1) is 10.6 Å². The van der Waals surface area contributed by atoms with Crippen LogP contribution in [0.3, 0.4) is 0 Å². The molecule has 0 saturated heterocycles. The van der Waals surface area contributed by atoms with Crippen LogP contribution in [0.4, 0.5) is 44.5 Å². The molecule has 0 saturated carbocycles. The molecule has 0 fully saturated rings. The Bertz CT molecular complexity index is 1280. The zero-order chi connectivity index (χ0) is 26.8. The molecular formula is C16H15F10NO4S3. The van der Waals surface area contributed by atoms with Gasteiger partial charge in [-0.25, -0.2) is 8.42 Å². The highest BCUT2D eigenvalue weighted by Gasteiger charge is 2.66. The largest absolute Gasteiger partial charge is 0.379 e. The Kier molecular flexibility index (Phi) is 5.38. The van der Waals surface area contributed by atoms with E-state index in [1.807, 2.05) is 0 Å². The lowest BCUT2D eigenvalue weighted by atomic mass is 10.1. The molecule has 5 nitrogen and oxygen atoms in total. The Balaban J connectivity index is 2.35. The van der Waals surface area contributed by atoms with Crippen molar-refractivity contribution in [3.05, 3.63) is 48.5 Å². The van der Waals surface area contributed by atoms with E-state index in [-0.39, 0.29) is 18.2 Å². The molecule has 34 heavy (non-hydrogen) atoms. The van der Waals surface area contributed by atoms with Gasteiger partial charge in [-0.2, -0.15) is 0 Å². The van der Waals surface area contributed by atoms with Gasteiger partial charge in [-0.15, -0.1) is 0 Å². The standard InChI is InChI=1S/C16H15F10NO4S3/c1-16(29,15(28)27-11-4-2-6-13(8-11)33(17,18,19,20)21)10-32(30,31)12-5-3-7-14(9-12)34(22,23,24,25)26/h2-9,29H,10H2,1H3,(H,27,28). The number of anilines is 1. The summed E-state index contributed by atoms with van der Waals surface area (Å²) < 4.78 is 154. The molecule has 0 radical (unpaired) electrons. The fraction of sp³-hybridized carbons (Fsp3) is 0.188. The maximum absolute atomic E-state index is 13.0. The summed E-state index contributed by atoms with van der Waals surface area (Å²) in [6.07, 6.45) is 0. The number of rotatable bonds is 7. The van der Waals surface area contributed by atoms with Crippen molar-refractivity contribution in [1.82, 2.24) is 0 Å². The SMILES string of the molecule is CC(O)(CS(=O)(=O)c1cccc(S(F)(F)(F)(F)F)c1)C(=O)Nc1cccc(S(F)(F)(F)(F)F)c1. The van der Waals surface area contributed by atoms with E-state index in [0.717, 1.165) is 0 Å². The monoisotopic (exact) mass is 571 g/mol. The summed E-state index contributed by atoms with van der Waals surface area (Å²) in [5.41, 5.74) is -3.97. The smallest absolute Gasteiger partial charge is 0.310 e. The fourth-order valence-electron chi connectivity index (χ4n) is 2.51. The number of halogens is 10. The van der Waals surface area contributed by atoms with Crippen LogP contribution in [-0.4, -0.2) is 30.8 Å². The van der Waals surface area contributed by atoms with Crippen LogP contribution in [0, 0.1) is 0 Å². The van der Waals surface area contributed by atoms with Gasteiger partial charge in [0.15, 0.2) is 15.4 Å². The van der Waals surface area contributed by atoms with E-state index in [1.165, 1.54) is 0 Å². The Morgan fingerprint density at radius 3 is 1.76 bits per heavy atom. The second-order valence-electron chi connectivity index (χ2n) is 7.43. The average molecular weight is 571 g/mol. The van der Waals surface area contributed by atoms with Crippen molar-refractivity contribution in [2.75, 3.05) is 11.1 Å². The van der Waals surface area contributed by atoms with E-state index in [4.69, 9.17) is 0 Å². The van der Waals surface area contributed by atoms with Crippen LogP contribution in [-0.2, 0) is 14.6 Å². The Labute approximate surface area is 186 Å². The van der Waals surface area contributed by atoms with Gasteiger partial charge in [0.25, 0.3) is 5.91 Å². The van der Waals surface area contributed by atoms with Crippen LogP contribution in [0.15, 0.2) is 63.2 Å². The van der Waals surface area contributed by atoms with Gasteiger partial charge in [-0.1, -0.05) is 51.0 Å². The number of carbonyl (C=O) groups excluding carboxylic acids is 1. The van der Waals surface area contributed by atoms with Crippen LogP contribution in [0.1, 0.15) is 6.92 Å². The molecule has 0 aliphatic rings. The maximum Gasteiger partial charge on any atom is 0.310 e. The van der Waals surface area contributed by atoms with Crippen LogP contribution in [0.25, 0.3) is 0 Å². The fourth-order valence-corrected chi connectivity index (χ4v) is 5.58. The highest BCUT2D eigenvalue weighted by atomic mass is 32.5. The molecule has 0 aromatic heterocycles. The van der Waals surface area contributed by atoms with E-state index < -0.39 is 74.0 Å². The molecule has 1 atom stereocenters. The number of benzene rings is 2. The molecule has 1 unspecified atom stereocenters. The number of hydrogen-bond acceptors (Lipinski definition) is 4. The van der Waals surface area contributed by atoms with Crippen molar-refractivity contribution >= 4 is 41.9 Å². The number of nitrogens with one attached hydrogen (secondary N) is 1. The minimum absolute atomic E-state index is 0.00550. The van der Waals surface area contributed by atoms with Gasteiger partial charge in [-0.05, 0) is 43.3 Å². The second-order valence-corrected chi connectivity index (χ2v) is 14.2. The topological polar surface area (TPSA) is 83.5 Å². The molecule has 0 aliphatic carbocycles. The van der Waals surface area contributed by atoms with Crippen molar-refractivity contribution < 1.29 is 57.2 Å². The first-order valence-corrected chi connectivity index (χ1v) is 14.0. The molecular weight excluding hydrogens is 556 g/mol. The van der Waals surface area contributed by atoms with Gasteiger partial charge in [-0.3, -0.25) is 4.79 Å². The number of amides is 1. The number of aliphatic hydroxyl groups is 1. The number of hydrogen-bond donors (Lipinski definition) is 2. The van der Waals surface area contributed by atoms with E-state index in [2.05, 4.69) is 0 Å². The molecule has 0 aliphatic heterocycles. The molecule has 2 aromatic rings. The highest BCUT2D eigenvalue weighted by Crippen LogP contribution is 3.02. The molecule has 0 spiro atoms. The first-order valence-electron chi connectivity index (χ1n) is 8.45. The molecule has 0 heterocycles. The molecule has 18 heteroatoms. The summed E-state index contributed by atoms with van der Waals surface area (Å²) >= 11 is 0. The summed E-state index contributed by atoms with van der Waals surface area (Å²) in [4.78, 5) is 5.91. The van der Waals surface area contributed by atoms with E-state index in [9.17, 15) is 57.2 Å². The maximum atomic E-state index is 13.0. The lowest BCUT2D eigenvalue weighted by Gasteiger charge is -2.40. The first-order chi connectivity index (χ1) is 14.5. The first kappa shape index (κ1) is 28.1. The van der Waals surface area contributed by atoms with E-state index >= 15 is 0 Å². The molecule has 2 aromatic carbocycles. The normalized spacial score (nSPS) is 19.1. The number of sulfone groups is 1. The predicted octanol–water partition coefficient (Wildman–Crippen LogP) is 7.16. The minimum atomic E-state index is -10.3. The van der Waals surface area contributed by atoms with Gasteiger partial charge in [0, 0.05) is 5.69 Å². The third-order valence-electron chi connectivity index (χ3n) is 4.11. The summed E-state index contributed by atoms with van der Waals surface area (Å²) in [6.45, 7) is 0.503. The predicted molar refractivity (Wildman–Crippen MR) is 107 cm³/mol. The van der Waals surface area contributed by atoms with Gasteiger partial charge < -0.3 is 10.4 Å². The molecule has 2 rings (SSSR count).